The molecule has 0 radical (unpaired) electrons. The Morgan fingerprint density at radius 2 is 0.654 bits per heavy atom. The molecule has 0 unspecified atom stereocenters. The molecule has 0 aromatic heterocycles. The molecule has 0 amide bonds. The van der Waals surface area contributed by atoms with Gasteiger partial charge in [-0.15, -0.1) is 0 Å². The molecule has 0 aliphatic heterocycles. The van der Waals surface area contributed by atoms with Crippen LogP contribution in [0, 0.1) is 0 Å². The second-order valence-electron chi connectivity index (χ2n) is 4.53. The number of benzene rings is 2. The Hall–Kier alpha value is -2.17. The molecule has 2 aromatic carbocycles. The number of hydrogen-bond acceptors (Lipinski definition) is 4. The van der Waals surface area contributed by atoms with E-state index in [0.29, 0.717) is 0 Å². The smallest absolute Gasteiger partial charge is 0.302 e. The number of ether oxygens (including phenoxy) is 3. The fourth-order valence-electron chi connectivity index (χ4n) is 0.770. The minimum Gasteiger partial charge on any atom is -0.469 e. The zero-order valence-electron chi connectivity index (χ0n) is 17.8. The van der Waals surface area contributed by atoms with E-state index >= 15 is 0 Å². The molecule has 0 aliphatic carbocycles. The molecular weight excluding hydrogens is 328 g/mol. The van der Waals surface area contributed by atoms with Gasteiger partial charge in [0.2, 0.25) is 0 Å². The third-order valence-electron chi connectivity index (χ3n) is 1.62. The molecule has 26 heavy (non-hydrogen) atoms. The number of esters is 1. The van der Waals surface area contributed by atoms with Crippen LogP contribution in [-0.4, -0.2) is 41.5 Å². The van der Waals surface area contributed by atoms with Crippen LogP contribution in [0.15, 0.2) is 72.8 Å². The molecule has 2 aromatic rings. The summed E-state index contributed by atoms with van der Waals surface area (Å²) in [7, 11) is 7.85. The monoisotopic (exact) mass is 366 g/mol. The van der Waals surface area contributed by atoms with Gasteiger partial charge in [0.05, 0.1) is 7.11 Å². The minimum atomic E-state index is -0.245. The van der Waals surface area contributed by atoms with E-state index in [1.807, 2.05) is 72.8 Å². The van der Waals surface area contributed by atoms with Gasteiger partial charge in [-0.3, -0.25) is 4.79 Å². The van der Waals surface area contributed by atoms with E-state index in [2.05, 4.69) is 28.1 Å². The summed E-state index contributed by atoms with van der Waals surface area (Å²) >= 11 is 0. The van der Waals surface area contributed by atoms with Crippen molar-refractivity contribution in [1.82, 2.24) is 0 Å². The van der Waals surface area contributed by atoms with E-state index in [1.165, 1.54) is 20.5 Å². The molecule has 2 rings (SSSR count). The number of methoxy groups -OCH3 is 3. The SMILES string of the molecule is CCC.COC.COC.COC(C)=O.c1ccccc1.c1ccccc1. The first kappa shape index (κ1) is 31.6. The standard InChI is InChI=1S/2C6H6.C3H6O2.C3H8.2C2H6O/c2*1-2-4-6-5-3-1;1-3(4)5-2;3*1-3-2/h2*1-6H;1-2H3;3H2,1-2H3;2*1-2H3. The average Bonchev–Trinajstić information content (AvgIpc) is 2.67. The zero-order valence-corrected chi connectivity index (χ0v) is 17.8. The summed E-state index contributed by atoms with van der Waals surface area (Å²) in [4.78, 5) is 9.59. The molecule has 0 N–H and O–H groups in total. The summed E-state index contributed by atoms with van der Waals surface area (Å²) in [6.45, 7) is 5.61. The van der Waals surface area contributed by atoms with Crippen LogP contribution in [0.4, 0.5) is 0 Å². The lowest BCUT2D eigenvalue weighted by atomic mass is 10.4. The van der Waals surface area contributed by atoms with Crippen molar-refractivity contribution >= 4 is 5.97 Å². The molecule has 4 heteroatoms. The first-order valence-corrected chi connectivity index (χ1v) is 8.36. The molecule has 0 saturated heterocycles. The highest BCUT2D eigenvalue weighted by Crippen LogP contribution is 1.80. The molecule has 0 saturated carbocycles. The number of hydrogen-bond donors (Lipinski definition) is 0. The Balaban J connectivity index is -0.000000116. The highest BCUT2D eigenvalue weighted by Gasteiger charge is 1.75. The molecule has 0 aliphatic rings. The third-order valence-corrected chi connectivity index (χ3v) is 1.62. The van der Waals surface area contributed by atoms with Gasteiger partial charge in [-0.2, -0.15) is 0 Å². The van der Waals surface area contributed by atoms with Gasteiger partial charge in [-0.05, 0) is 0 Å². The zero-order chi connectivity index (χ0) is 20.9. The van der Waals surface area contributed by atoms with E-state index in [0.717, 1.165) is 0 Å². The fourth-order valence-corrected chi connectivity index (χ4v) is 0.770. The third kappa shape index (κ3) is 67.7. The number of rotatable bonds is 0. The Morgan fingerprint density at radius 3 is 0.692 bits per heavy atom. The van der Waals surface area contributed by atoms with E-state index in [-0.39, 0.29) is 5.97 Å². The topological polar surface area (TPSA) is 44.8 Å². The quantitative estimate of drug-likeness (QED) is 0.578. The van der Waals surface area contributed by atoms with Crippen LogP contribution in [0.3, 0.4) is 0 Å². The highest BCUT2D eigenvalue weighted by molar-refractivity contribution is 5.65. The maximum atomic E-state index is 9.59. The summed E-state index contributed by atoms with van der Waals surface area (Å²) in [5.74, 6) is -0.245. The van der Waals surface area contributed by atoms with Crippen LogP contribution in [0.2, 0.25) is 0 Å². The van der Waals surface area contributed by atoms with Gasteiger partial charge in [-0.1, -0.05) is 93.1 Å². The Morgan fingerprint density at radius 1 is 0.577 bits per heavy atom. The summed E-state index contributed by atoms with van der Waals surface area (Å²) in [6.07, 6.45) is 1.25. The van der Waals surface area contributed by atoms with Crippen LogP contribution in [-0.2, 0) is 19.0 Å². The normalized spacial score (nSPS) is 7.08. The summed E-state index contributed by atoms with van der Waals surface area (Å²) in [5.41, 5.74) is 0. The second kappa shape index (κ2) is 38.4. The van der Waals surface area contributed by atoms with Crippen molar-refractivity contribution in [3.05, 3.63) is 72.8 Å². The Bertz CT molecular complexity index is 315. The van der Waals surface area contributed by atoms with Crippen molar-refractivity contribution in [3.8, 4) is 0 Å². The van der Waals surface area contributed by atoms with Gasteiger partial charge in [0.25, 0.3) is 0 Å². The predicted molar refractivity (Wildman–Crippen MR) is 112 cm³/mol. The summed E-state index contributed by atoms with van der Waals surface area (Å²) in [5, 5.41) is 0. The lowest BCUT2D eigenvalue weighted by Crippen LogP contribution is -1.88. The van der Waals surface area contributed by atoms with Gasteiger partial charge in [0.15, 0.2) is 0 Å². The fraction of sp³-hybridized carbons (Fsp3) is 0.409. The van der Waals surface area contributed by atoms with Crippen LogP contribution in [0.5, 0.6) is 0 Å². The highest BCUT2D eigenvalue weighted by atomic mass is 16.5. The van der Waals surface area contributed by atoms with Gasteiger partial charge in [0.1, 0.15) is 0 Å². The second-order valence-corrected chi connectivity index (χ2v) is 4.53. The summed E-state index contributed by atoms with van der Waals surface area (Å²) in [6, 6.07) is 24.0. The average molecular weight is 367 g/mol. The number of carbonyl (C=O) groups excluding carboxylic acids is 1. The van der Waals surface area contributed by atoms with E-state index in [9.17, 15) is 4.79 Å². The van der Waals surface area contributed by atoms with Crippen molar-refractivity contribution in [1.29, 1.82) is 0 Å². The largest absolute Gasteiger partial charge is 0.469 e. The molecular formula is C22H38O4. The molecule has 0 bridgehead atoms. The van der Waals surface area contributed by atoms with E-state index in [4.69, 9.17) is 0 Å². The Kier molecular flexibility index (Phi) is 46.7. The van der Waals surface area contributed by atoms with Crippen molar-refractivity contribution < 1.29 is 19.0 Å². The van der Waals surface area contributed by atoms with Crippen LogP contribution < -0.4 is 0 Å². The maximum Gasteiger partial charge on any atom is 0.302 e. The predicted octanol–water partition coefficient (Wildman–Crippen LogP) is 5.49. The van der Waals surface area contributed by atoms with Crippen LogP contribution in [0.1, 0.15) is 27.2 Å². The Labute approximate surface area is 161 Å². The minimum absolute atomic E-state index is 0.245. The van der Waals surface area contributed by atoms with Crippen molar-refractivity contribution in [2.24, 2.45) is 0 Å². The van der Waals surface area contributed by atoms with Crippen molar-refractivity contribution in [2.75, 3.05) is 35.5 Å². The van der Waals surface area contributed by atoms with Gasteiger partial charge in [0, 0.05) is 35.4 Å². The van der Waals surface area contributed by atoms with Crippen LogP contribution >= 0.6 is 0 Å². The lowest BCUT2D eigenvalue weighted by Gasteiger charge is -1.80. The van der Waals surface area contributed by atoms with Gasteiger partial charge >= 0.3 is 5.97 Å². The first-order valence-electron chi connectivity index (χ1n) is 8.36. The van der Waals surface area contributed by atoms with E-state index in [1.54, 1.807) is 28.4 Å². The molecule has 0 spiro atoms. The molecule has 0 heterocycles. The maximum absolute atomic E-state index is 9.59. The van der Waals surface area contributed by atoms with Gasteiger partial charge in [-0.25, -0.2) is 0 Å². The lowest BCUT2D eigenvalue weighted by molar-refractivity contribution is -0.137. The van der Waals surface area contributed by atoms with Gasteiger partial charge < -0.3 is 14.2 Å². The molecule has 4 nitrogen and oxygen atoms in total. The molecule has 0 atom stereocenters. The van der Waals surface area contributed by atoms with Crippen LogP contribution in [0.25, 0.3) is 0 Å². The number of carbonyl (C=O) groups is 1. The van der Waals surface area contributed by atoms with Crippen molar-refractivity contribution in [2.45, 2.75) is 27.2 Å². The first-order chi connectivity index (χ1) is 12.5. The molecule has 0 fully saturated rings. The van der Waals surface area contributed by atoms with Crippen molar-refractivity contribution in [3.63, 3.8) is 0 Å². The summed E-state index contributed by atoms with van der Waals surface area (Å²) < 4.78 is 12.6. The molecule has 150 valence electrons. The van der Waals surface area contributed by atoms with E-state index < -0.39 is 0 Å².